The van der Waals surface area contributed by atoms with Gasteiger partial charge in [0.25, 0.3) is 0 Å². The summed E-state index contributed by atoms with van der Waals surface area (Å²) in [6.07, 6.45) is 3.32. The molecule has 3 rings (SSSR count). The zero-order valence-electron chi connectivity index (χ0n) is 14.8. The number of anilines is 2. The van der Waals surface area contributed by atoms with Crippen molar-refractivity contribution in [3.05, 3.63) is 24.3 Å². The van der Waals surface area contributed by atoms with Crippen molar-refractivity contribution in [3.8, 4) is 0 Å². The Labute approximate surface area is 145 Å². The van der Waals surface area contributed by atoms with Gasteiger partial charge in [0.1, 0.15) is 0 Å². The normalized spacial score (nSPS) is 22.1. The molecule has 0 radical (unpaired) electrons. The molecule has 2 fully saturated rings. The average Bonchev–Trinajstić information content (AvgIpc) is 3.10. The van der Waals surface area contributed by atoms with Crippen molar-refractivity contribution < 1.29 is 9.53 Å². The number of amides is 1. The topological polar surface area (TPSA) is 44.8 Å². The van der Waals surface area contributed by atoms with E-state index >= 15 is 0 Å². The van der Waals surface area contributed by atoms with E-state index < -0.39 is 0 Å². The zero-order valence-corrected chi connectivity index (χ0v) is 14.8. The second kappa shape index (κ2) is 7.99. The molecular formula is C19H29N3O2. The minimum absolute atomic E-state index is 0.000372. The Morgan fingerprint density at radius 3 is 2.50 bits per heavy atom. The van der Waals surface area contributed by atoms with E-state index in [0.717, 1.165) is 31.1 Å². The van der Waals surface area contributed by atoms with Crippen LogP contribution in [0.5, 0.6) is 0 Å². The van der Waals surface area contributed by atoms with E-state index in [2.05, 4.69) is 41.3 Å². The number of rotatable bonds is 5. The maximum Gasteiger partial charge on any atom is 0.229 e. The van der Waals surface area contributed by atoms with Crippen LogP contribution in [-0.2, 0) is 9.53 Å². The highest BCUT2D eigenvalue weighted by Crippen LogP contribution is 2.25. The largest absolute Gasteiger partial charge is 0.381 e. The SMILES string of the molecule is CN(C)CC1CCN(c2ccc(NC(=O)C3CCOC3)cc2)CC1. The van der Waals surface area contributed by atoms with Gasteiger partial charge in [-0.2, -0.15) is 0 Å². The smallest absolute Gasteiger partial charge is 0.229 e. The number of nitrogens with one attached hydrogen (secondary N) is 1. The molecule has 1 atom stereocenters. The van der Waals surface area contributed by atoms with Crippen molar-refractivity contribution in [2.45, 2.75) is 19.3 Å². The Balaban J connectivity index is 1.50. The Hall–Kier alpha value is -1.59. The number of nitrogens with zero attached hydrogens (tertiary/aromatic N) is 2. The van der Waals surface area contributed by atoms with Crippen LogP contribution in [0.25, 0.3) is 0 Å². The molecule has 132 valence electrons. The summed E-state index contributed by atoms with van der Waals surface area (Å²) in [4.78, 5) is 16.9. The van der Waals surface area contributed by atoms with Crippen molar-refractivity contribution in [1.29, 1.82) is 0 Å². The molecule has 2 saturated heterocycles. The Bertz CT molecular complexity index is 530. The summed E-state index contributed by atoms with van der Waals surface area (Å²) >= 11 is 0. The first kappa shape index (κ1) is 17.2. The van der Waals surface area contributed by atoms with E-state index in [4.69, 9.17) is 4.74 Å². The maximum absolute atomic E-state index is 12.1. The minimum atomic E-state index is 0.000372. The number of ether oxygens (including phenoxy) is 1. The van der Waals surface area contributed by atoms with Gasteiger partial charge in [0.2, 0.25) is 5.91 Å². The molecule has 1 unspecified atom stereocenters. The summed E-state index contributed by atoms with van der Waals surface area (Å²) in [6.45, 7) is 4.66. The Morgan fingerprint density at radius 1 is 1.21 bits per heavy atom. The third-order valence-electron chi connectivity index (χ3n) is 5.04. The van der Waals surface area contributed by atoms with Crippen molar-refractivity contribution in [1.82, 2.24) is 4.90 Å². The van der Waals surface area contributed by atoms with Crippen molar-refractivity contribution in [2.24, 2.45) is 11.8 Å². The number of benzene rings is 1. The van der Waals surface area contributed by atoms with Gasteiger partial charge < -0.3 is 19.9 Å². The van der Waals surface area contributed by atoms with Gasteiger partial charge in [-0.15, -0.1) is 0 Å². The van der Waals surface area contributed by atoms with Crippen molar-refractivity contribution in [2.75, 3.05) is 57.2 Å². The van der Waals surface area contributed by atoms with Gasteiger partial charge in [0.15, 0.2) is 0 Å². The van der Waals surface area contributed by atoms with E-state index in [-0.39, 0.29) is 11.8 Å². The highest BCUT2D eigenvalue weighted by atomic mass is 16.5. The number of hydrogen-bond acceptors (Lipinski definition) is 4. The monoisotopic (exact) mass is 331 g/mol. The lowest BCUT2D eigenvalue weighted by Crippen LogP contribution is -2.37. The first-order valence-electron chi connectivity index (χ1n) is 9.00. The van der Waals surface area contributed by atoms with Crippen LogP contribution in [0.3, 0.4) is 0 Å². The molecule has 1 aromatic carbocycles. The fourth-order valence-corrected chi connectivity index (χ4v) is 3.63. The second-order valence-corrected chi connectivity index (χ2v) is 7.29. The van der Waals surface area contributed by atoms with E-state index in [1.165, 1.54) is 25.1 Å². The van der Waals surface area contributed by atoms with Gasteiger partial charge in [-0.05, 0) is 63.5 Å². The molecule has 0 saturated carbocycles. The van der Waals surface area contributed by atoms with Crippen LogP contribution >= 0.6 is 0 Å². The van der Waals surface area contributed by atoms with Gasteiger partial charge >= 0.3 is 0 Å². The third-order valence-corrected chi connectivity index (χ3v) is 5.04. The lowest BCUT2D eigenvalue weighted by molar-refractivity contribution is -0.119. The molecule has 1 aromatic rings. The van der Waals surface area contributed by atoms with Crippen LogP contribution in [0.2, 0.25) is 0 Å². The van der Waals surface area contributed by atoms with E-state index in [9.17, 15) is 4.79 Å². The predicted molar refractivity (Wildman–Crippen MR) is 97.5 cm³/mol. The molecule has 0 aliphatic carbocycles. The zero-order chi connectivity index (χ0) is 16.9. The predicted octanol–water partition coefficient (Wildman–Crippen LogP) is 2.44. The molecule has 0 aromatic heterocycles. The summed E-state index contributed by atoms with van der Waals surface area (Å²) in [5, 5.41) is 3.00. The highest BCUT2D eigenvalue weighted by molar-refractivity contribution is 5.92. The summed E-state index contributed by atoms with van der Waals surface area (Å²) < 4.78 is 5.28. The second-order valence-electron chi connectivity index (χ2n) is 7.29. The molecule has 2 aliphatic rings. The van der Waals surface area contributed by atoms with Gasteiger partial charge in [0.05, 0.1) is 12.5 Å². The Kier molecular flexibility index (Phi) is 5.74. The third kappa shape index (κ3) is 4.48. The van der Waals surface area contributed by atoms with E-state index in [0.29, 0.717) is 13.2 Å². The molecule has 24 heavy (non-hydrogen) atoms. The lowest BCUT2D eigenvalue weighted by Gasteiger charge is -2.34. The van der Waals surface area contributed by atoms with Crippen LogP contribution < -0.4 is 10.2 Å². The summed E-state index contributed by atoms with van der Waals surface area (Å²) in [5.41, 5.74) is 2.12. The van der Waals surface area contributed by atoms with E-state index in [1.54, 1.807) is 0 Å². The molecule has 5 nitrogen and oxygen atoms in total. The van der Waals surface area contributed by atoms with Crippen LogP contribution in [0.4, 0.5) is 11.4 Å². The van der Waals surface area contributed by atoms with Crippen LogP contribution in [0.15, 0.2) is 24.3 Å². The summed E-state index contributed by atoms with van der Waals surface area (Å²) in [7, 11) is 4.30. The number of carbonyl (C=O) groups excluding carboxylic acids is 1. The maximum atomic E-state index is 12.1. The molecule has 0 bridgehead atoms. The van der Waals surface area contributed by atoms with Crippen LogP contribution in [-0.4, -0.2) is 57.8 Å². The number of piperidine rings is 1. The average molecular weight is 331 g/mol. The lowest BCUT2D eigenvalue weighted by atomic mass is 9.96. The number of carbonyl (C=O) groups is 1. The standard InChI is InChI=1S/C19H29N3O2/c1-21(2)13-15-7-10-22(11-8-15)18-5-3-17(4-6-18)20-19(23)16-9-12-24-14-16/h3-6,15-16H,7-14H2,1-2H3,(H,20,23). The minimum Gasteiger partial charge on any atom is -0.381 e. The molecule has 1 N–H and O–H groups in total. The summed E-state index contributed by atoms with van der Waals surface area (Å²) in [6, 6.07) is 8.25. The summed E-state index contributed by atoms with van der Waals surface area (Å²) in [5.74, 6) is 0.883. The van der Waals surface area contributed by atoms with Gasteiger partial charge in [-0.3, -0.25) is 4.79 Å². The van der Waals surface area contributed by atoms with Gasteiger partial charge in [0, 0.05) is 37.6 Å². The molecular weight excluding hydrogens is 302 g/mol. The molecule has 2 aliphatic heterocycles. The molecule has 5 heteroatoms. The molecule has 2 heterocycles. The Morgan fingerprint density at radius 2 is 1.92 bits per heavy atom. The van der Waals surface area contributed by atoms with Crippen molar-refractivity contribution >= 4 is 17.3 Å². The van der Waals surface area contributed by atoms with E-state index in [1.807, 2.05) is 12.1 Å². The highest BCUT2D eigenvalue weighted by Gasteiger charge is 2.23. The first-order valence-corrected chi connectivity index (χ1v) is 9.00. The quantitative estimate of drug-likeness (QED) is 0.900. The van der Waals surface area contributed by atoms with Gasteiger partial charge in [-0.1, -0.05) is 0 Å². The molecule has 1 amide bonds. The fraction of sp³-hybridized carbons (Fsp3) is 0.632. The fourth-order valence-electron chi connectivity index (χ4n) is 3.63. The first-order chi connectivity index (χ1) is 11.6. The number of hydrogen-bond donors (Lipinski definition) is 1. The molecule has 0 spiro atoms. The van der Waals surface area contributed by atoms with Crippen LogP contribution in [0.1, 0.15) is 19.3 Å². The van der Waals surface area contributed by atoms with Gasteiger partial charge in [-0.25, -0.2) is 0 Å². The van der Waals surface area contributed by atoms with Crippen molar-refractivity contribution in [3.63, 3.8) is 0 Å². The van der Waals surface area contributed by atoms with Crippen LogP contribution in [0, 0.1) is 11.8 Å².